The third kappa shape index (κ3) is 2.61. The summed E-state index contributed by atoms with van der Waals surface area (Å²) in [5, 5.41) is 12.4. The molecule has 0 saturated carbocycles. The molecular weight excluding hydrogens is 244 g/mol. The number of aliphatic hydroxyl groups excluding tert-OH is 1. The molecule has 2 N–H and O–H groups in total. The number of hydrogen-bond donors (Lipinski definition) is 2. The molecule has 0 fully saturated rings. The first-order valence-electron chi connectivity index (χ1n) is 5.52. The van der Waals surface area contributed by atoms with E-state index in [2.05, 4.69) is 5.32 Å². The van der Waals surface area contributed by atoms with Crippen LogP contribution in [-0.2, 0) is 6.42 Å². The van der Waals surface area contributed by atoms with E-state index < -0.39 is 18.6 Å². The molecule has 2 unspecified atom stereocenters. The van der Waals surface area contributed by atoms with Gasteiger partial charge in [-0.2, -0.15) is 0 Å². The molecule has 5 heteroatoms. The van der Waals surface area contributed by atoms with Crippen LogP contribution in [0.5, 0.6) is 0 Å². The number of rotatable bonds is 4. The molecule has 2 atom stereocenters. The zero-order chi connectivity index (χ0) is 12.4. The van der Waals surface area contributed by atoms with Crippen LogP contribution in [0.2, 0.25) is 0 Å². The fourth-order valence-corrected chi connectivity index (χ4v) is 3.11. The Kier molecular flexibility index (Phi) is 4.01. The lowest BCUT2D eigenvalue weighted by Gasteiger charge is -2.22. The van der Waals surface area contributed by atoms with E-state index in [-0.39, 0.29) is 0 Å². The van der Waals surface area contributed by atoms with Crippen molar-refractivity contribution in [2.45, 2.75) is 29.9 Å². The van der Waals surface area contributed by atoms with Crippen LogP contribution in [0, 0.1) is 0 Å². The van der Waals surface area contributed by atoms with Crippen LogP contribution < -0.4 is 5.32 Å². The van der Waals surface area contributed by atoms with Gasteiger partial charge >= 0.3 is 0 Å². The quantitative estimate of drug-likeness (QED) is 0.869. The second-order valence-corrected chi connectivity index (χ2v) is 5.20. The lowest BCUT2D eigenvalue weighted by atomic mass is 10.0. The van der Waals surface area contributed by atoms with E-state index in [0.29, 0.717) is 5.56 Å². The summed E-state index contributed by atoms with van der Waals surface area (Å²) in [6.45, 7) is 0. The van der Waals surface area contributed by atoms with Crippen molar-refractivity contribution in [3.8, 4) is 0 Å². The minimum Gasteiger partial charge on any atom is -0.387 e. The number of alkyl halides is 2. The zero-order valence-electron chi connectivity index (χ0n) is 9.49. The highest BCUT2D eigenvalue weighted by Gasteiger charge is 2.28. The fourth-order valence-electron chi connectivity index (χ4n) is 2.00. The highest BCUT2D eigenvalue weighted by atomic mass is 32.2. The van der Waals surface area contributed by atoms with Gasteiger partial charge in [0.2, 0.25) is 0 Å². The van der Waals surface area contributed by atoms with E-state index in [1.54, 1.807) is 17.8 Å². The van der Waals surface area contributed by atoms with Crippen LogP contribution in [0.15, 0.2) is 23.1 Å². The molecule has 0 aromatic heterocycles. The van der Waals surface area contributed by atoms with Crippen LogP contribution in [0.4, 0.5) is 8.78 Å². The minimum atomic E-state index is -2.59. The van der Waals surface area contributed by atoms with Gasteiger partial charge in [-0.1, -0.05) is 12.1 Å². The summed E-state index contributed by atoms with van der Waals surface area (Å²) in [6, 6.07) is 4.26. The van der Waals surface area contributed by atoms with Crippen LogP contribution in [-0.4, -0.2) is 30.4 Å². The Morgan fingerprint density at radius 2 is 2.18 bits per heavy atom. The molecule has 1 aliphatic heterocycles. The molecule has 0 bridgehead atoms. The lowest BCUT2D eigenvalue weighted by Crippen LogP contribution is -2.38. The average Bonchev–Trinajstić information content (AvgIpc) is 2.75. The maximum atomic E-state index is 12.7. The summed E-state index contributed by atoms with van der Waals surface area (Å²) < 4.78 is 25.4. The molecule has 0 radical (unpaired) electrons. The number of nitrogens with one attached hydrogen (secondary N) is 1. The second-order valence-electron chi connectivity index (χ2n) is 4.06. The van der Waals surface area contributed by atoms with Crippen LogP contribution in [0.3, 0.4) is 0 Å². The summed E-state index contributed by atoms with van der Waals surface area (Å²) >= 11 is 1.71. The Morgan fingerprint density at radius 3 is 2.82 bits per heavy atom. The largest absolute Gasteiger partial charge is 0.387 e. The molecule has 1 aromatic rings. The number of benzene rings is 1. The van der Waals surface area contributed by atoms with Gasteiger partial charge in [-0.3, -0.25) is 0 Å². The van der Waals surface area contributed by atoms with Crippen LogP contribution in [0.25, 0.3) is 0 Å². The Labute approximate surface area is 103 Å². The number of fused-ring (bicyclic) bond motifs is 1. The van der Waals surface area contributed by atoms with Gasteiger partial charge in [-0.05, 0) is 30.7 Å². The van der Waals surface area contributed by atoms with Crippen molar-refractivity contribution in [2.75, 3.05) is 12.8 Å². The first-order valence-corrected chi connectivity index (χ1v) is 6.51. The minimum absolute atomic E-state index is 0.554. The molecule has 1 aliphatic rings. The van der Waals surface area contributed by atoms with E-state index in [1.165, 1.54) is 12.6 Å². The van der Waals surface area contributed by atoms with E-state index in [0.717, 1.165) is 17.1 Å². The predicted octanol–water partition coefficient (Wildman–Crippen LogP) is 2.22. The number of thioether (sulfide) groups is 1. The molecule has 2 rings (SSSR count). The van der Waals surface area contributed by atoms with Crippen molar-refractivity contribution in [3.63, 3.8) is 0 Å². The molecule has 1 aromatic carbocycles. The standard InChI is InChI=1S/C12H15F2NOS/c1-15-10(12(13)14)11(16)8-3-2-7-4-5-17-9(7)6-8/h2-3,6,10-12,15-16H,4-5H2,1H3. The first-order chi connectivity index (χ1) is 8.13. The molecular formula is C12H15F2NOS. The highest BCUT2D eigenvalue weighted by molar-refractivity contribution is 7.99. The van der Waals surface area contributed by atoms with Crippen molar-refractivity contribution in [2.24, 2.45) is 0 Å². The summed E-state index contributed by atoms with van der Waals surface area (Å²) in [7, 11) is 1.43. The molecule has 0 aliphatic carbocycles. The predicted molar refractivity (Wildman–Crippen MR) is 64.7 cm³/mol. The van der Waals surface area contributed by atoms with Gasteiger partial charge in [0.1, 0.15) is 0 Å². The summed E-state index contributed by atoms with van der Waals surface area (Å²) in [5.41, 5.74) is 1.79. The van der Waals surface area contributed by atoms with Gasteiger partial charge < -0.3 is 10.4 Å². The van der Waals surface area contributed by atoms with Crippen molar-refractivity contribution in [1.82, 2.24) is 5.32 Å². The SMILES string of the molecule is CNC(C(F)F)C(O)c1ccc2c(c1)SCC2. The molecule has 0 saturated heterocycles. The summed E-state index contributed by atoms with van der Waals surface area (Å²) in [5.74, 6) is 1.03. The zero-order valence-corrected chi connectivity index (χ0v) is 10.3. The molecule has 94 valence electrons. The first kappa shape index (κ1) is 12.8. The monoisotopic (exact) mass is 259 g/mol. The number of halogens is 2. The van der Waals surface area contributed by atoms with Gasteiger partial charge in [0.25, 0.3) is 6.43 Å². The van der Waals surface area contributed by atoms with Gasteiger partial charge in [0, 0.05) is 10.6 Å². The molecule has 1 heterocycles. The number of likely N-dealkylation sites (N-methyl/N-ethyl adjacent to an activating group) is 1. The van der Waals surface area contributed by atoms with Crippen molar-refractivity contribution in [3.05, 3.63) is 29.3 Å². The Bertz CT molecular complexity index is 400. The van der Waals surface area contributed by atoms with Crippen molar-refractivity contribution < 1.29 is 13.9 Å². The van der Waals surface area contributed by atoms with Crippen molar-refractivity contribution >= 4 is 11.8 Å². The maximum absolute atomic E-state index is 12.7. The van der Waals surface area contributed by atoms with E-state index in [1.807, 2.05) is 12.1 Å². The van der Waals surface area contributed by atoms with Gasteiger partial charge in [0.05, 0.1) is 12.1 Å². The van der Waals surface area contributed by atoms with Crippen LogP contribution in [0.1, 0.15) is 17.2 Å². The summed E-state index contributed by atoms with van der Waals surface area (Å²) in [6.07, 6.45) is -2.75. The summed E-state index contributed by atoms with van der Waals surface area (Å²) in [4.78, 5) is 1.10. The normalized spacial score (nSPS) is 18.2. The maximum Gasteiger partial charge on any atom is 0.256 e. The number of hydrogen-bond acceptors (Lipinski definition) is 3. The molecule has 0 amide bonds. The lowest BCUT2D eigenvalue weighted by molar-refractivity contribution is 0.0208. The fraction of sp³-hybridized carbons (Fsp3) is 0.500. The molecule has 0 spiro atoms. The highest BCUT2D eigenvalue weighted by Crippen LogP contribution is 2.34. The van der Waals surface area contributed by atoms with Crippen LogP contribution >= 0.6 is 11.8 Å². The Hall–Kier alpha value is -0.650. The van der Waals surface area contributed by atoms with Gasteiger partial charge in [0.15, 0.2) is 0 Å². The van der Waals surface area contributed by atoms with Crippen molar-refractivity contribution in [1.29, 1.82) is 0 Å². The third-order valence-corrected chi connectivity index (χ3v) is 4.11. The van der Waals surface area contributed by atoms with Gasteiger partial charge in [-0.15, -0.1) is 11.8 Å². The van der Waals surface area contributed by atoms with Gasteiger partial charge in [-0.25, -0.2) is 8.78 Å². The van der Waals surface area contributed by atoms with E-state index in [4.69, 9.17) is 0 Å². The van der Waals surface area contributed by atoms with E-state index in [9.17, 15) is 13.9 Å². The Morgan fingerprint density at radius 1 is 1.41 bits per heavy atom. The van der Waals surface area contributed by atoms with E-state index >= 15 is 0 Å². The number of aliphatic hydroxyl groups is 1. The third-order valence-electron chi connectivity index (χ3n) is 3.01. The smallest absolute Gasteiger partial charge is 0.256 e. The Balaban J connectivity index is 2.21. The molecule has 2 nitrogen and oxygen atoms in total. The molecule has 17 heavy (non-hydrogen) atoms. The number of aryl methyl sites for hydroxylation is 1. The second kappa shape index (κ2) is 5.33. The topological polar surface area (TPSA) is 32.3 Å². The average molecular weight is 259 g/mol.